The molecule has 0 bridgehead atoms. The fraction of sp³-hybridized carbons (Fsp3) is 0.435. The molecule has 1 saturated heterocycles. The summed E-state index contributed by atoms with van der Waals surface area (Å²) in [5.41, 5.74) is 4.84. The molecule has 0 spiro atoms. The van der Waals surface area contributed by atoms with Crippen LogP contribution in [0.15, 0.2) is 42.5 Å². The molecule has 0 N–H and O–H groups in total. The Morgan fingerprint density at radius 3 is 2.47 bits per heavy atom. The van der Waals surface area contributed by atoms with Crippen molar-refractivity contribution in [3.05, 3.63) is 64.7 Å². The maximum absolute atomic E-state index is 13.0. The molecule has 0 saturated carbocycles. The molecule has 0 aliphatic carbocycles. The molecule has 30 heavy (non-hydrogen) atoms. The summed E-state index contributed by atoms with van der Waals surface area (Å²) in [6.07, 6.45) is 1.86. The molecular formula is C23H29N3O3S. The van der Waals surface area contributed by atoms with E-state index in [9.17, 15) is 13.2 Å². The minimum Gasteiger partial charge on any atom is -0.336 e. The number of hydrogen-bond donors (Lipinski definition) is 0. The Morgan fingerprint density at radius 1 is 1.07 bits per heavy atom. The summed E-state index contributed by atoms with van der Waals surface area (Å²) in [7, 11) is -3.32. The van der Waals surface area contributed by atoms with E-state index in [1.165, 1.54) is 21.7 Å². The average molecular weight is 428 g/mol. The topological polar surface area (TPSA) is 60.9 Å². The first-order valence-corrected chi connectivity index (χ1v) is 12.3. The molecule has 0 radical (unpaired) electrons. The number of sulfonamides is 1. The van der Waals surface area contributed by atoms with Crippen molar-refractivity contribution in [1.29, 1.82) is 0 Å². The molecule has 1 amide bonds. The van der Waals surface area contributed by atoms with Gasteiger partial charge in [-0.1, -0.05) is 29.8 Å². The van der Waals surface area contributed by atoms with E-state index >= 15 is 0 Å². The van der Waals surface area contributed by atoms with Crippen molar-refractivity contribution >= 4 is 21.6 Å². The normalized spacial score (nSPS) is 19.8. The summed E-state index contributed by atoms with van der Waals surface area (Å²) in [6, 6.07) is 13.8. The third-order valence-corrected chi connectivity index (χ3v) is 7.26. The van der Waals surface area contributed by atoms with Gasteiger partial charge in [-0.25, -0.2) is 8.42 Å². The van der Waals surface area contributed by atoms with Crippen LogP contribution >= 0.6 is 0 Å². The van der Waals surface area contributed by atoms with Crippen LogP contribution < -0.4 is 4.31 Å². The Hall–Kier alpha value is -2.38. The van der Waals surface area contributed by atoms with Gasteiger partial charge in [0.15, 0.2) is 0 Å². The van der Waals surface area contributed by atoms with Gasteiger partial charge in [0.2, 0.25) is 10.0 Å². The third-order valence-electron chi connectivity index (χ3n) is 5.99. The van der Waals surface area contributed by atoms with Gasteiger partial charge in [-0.3, -0.25) is 14.0 Å². The zero-order valence-corrected chi connectivity index (χ0v) is 18.7. The third kappa shape index (κ3) is 4.23. The van der Waals surface area contributed by atoms with Gasteiger partial charge in [0, 0.05) is 44.3 Å². The number of piperazine rings is 1. The number of nitrogens with zero attached hydrogens (tertiary/aromatic N) is 3. The maximum Gasteiger partial charge on any atom is 0.253 e. The van der Waals surface area contributed by atoms with E-state index in [-0.39, 0.29) is 11.9 Å². The summed E-state index contributed by atoms with van der Waals surface area (Å²) in [6.45, 7) is 8.01. The van der Waals surface area contributed by atoms with Crippen molar-refractivity contribution in [3.8, 4) is 0 Å². The largest absolute Gasteiger partial charge is 0.336 e. The highest BCUT2D eigenvalue weighted by molar-refractivity contribution is 7.92. The Morgan fingerprint density at radius 2 is 1.80 bits per heavy atom. The lowest BCUT2D eigenvalue weighted by atomic mass is 10.1. The van der Waals surface area contributed by atoms with Gasteiger partial charge >= 0.3 is 0 Å². The first-order chi connectivity index (χ1) is 14.2. The Bertz CT molecular complexity index is 1060. The summed E-state index contributed by atoms with van der Waals surface area (Å²) in [5, 5.41) is 0. The number of hydrogen-bond acceptors (Lipinski definition) is 4. The second kappa shape index (κ2) is 8.04. The molecule has 6 nitrogen and oxygen atoms in total. The molecule has 1 fully saturated rings. The van der Waals surface area contributed by atoms with E-state index in [1.54, 1.807) is 12.1 Å². The molecule has 2 aromatic rings. The van der Waals surface area contributed by atoms with Crippen molar-refractivity contribution in [2.75, 3.05) is 36.7 Å². The van der Waals surface area contributed by atoms with Gasteiger partial charge in [-0.2, -0.15) is 0 Å². The summed E-state index contributed by atoms with van der Waals surface area (Å²) in [5.74, 6) is 0.0264. The predicted molar refractivity (Wildman–Crippen MR) is 119 cm³/mol. The van der Waals surface area contributed by atoms with Crippen LogP contribution in [0.25, 0.3) is 0 Å². The standard InChI is InChI=1S/C23H29N3O3S/c1-17-5-4-6-19(13-17)16-24-9-11-25(12-10-24)23(27)20-7-8-22-21(15-20)14-18(2)26(22)30(3,28)29/h4-8,13,15,18H,9-12,14,16H2,1-3H3. The molecule has 1 unspecified atom stereocenters. The monoisotopic (exact) mass is 427 g/mol. The Kier molecular flexibility index (Phi) is 5.59. The van der Waals surface area contributed by atoms with E-state index < -0.39 is 10.0 Å². The molecular weight excluding hydrogens is 398 g/mol. The minimum atomic E-state index is -3.32. The lowest BCUT2D eigenvalue weighted by Gasteiger charge is -2.35. The molecule has 0 aromatic heterocycles. The van der Waals surface area contributed by atoms with Crippen LogP contribution in [0.1, 0.15) is 34.0 Å². The van der Waals surface area contributed by atoms with Crippen LogP contribution in [0.4, 0.5) is 5.69 Å². The van der Waals surface area contributed by atoms with E-state index in [2.05, 4.69) is 36.1 Å². The maximum atomic E-state index is 13.0. The highest BCUT2D eigenvalue weighted by Crippen LogP contribution is 2.35. The molecule has 160 valence electrons. The zero-order chi connectivity index (χ0) is 21.5. The summed E-state index contributed by atoms with van der Waals surface area (Å²) >= 11 is 0. The lowest BCUT2D eigenvalue weighted by Crippen LogP contribution is -2.48. The highest BCUT2D eigenvalue weighted by atomic mass is 32.2. The van der Waals surface area contributed by atoms with Gasteiger partial charge in [0.1, 0.15) is 0 Å². The second-order valence-electron chi connectivity index (χ2n) is 8.51. The number of fused-ring (bicyclic) bond motifs is 1. The van der Waals surface area contributed by atoms with Crippen molar-refractivity contribution in [2.24, 2.45) is 0 Å². The van der Waals surface area contributed by atoms with Crippen LogP contribution in [-0.4, -0.2) is 62.6 Å². The predicted octanol–water partition coefficient (Wildman–Crippen LogP) is 2.66. The van der Waals surface area contributed by atoms with Crippen molar-refractivity contribution < 1.29 is 13.2 Å². The van der Waals surface area contributed by atoms with Crippen LogP contribution in [0.5, 0.6) is 0 Å². The van der Waals surface area contributed by atoms with Crippen LogP contribution in [-0.2, 0) is 23.0 Å². The Balaban J connectivity index is 1.41. The van der Waals surface area contributed by atoms with Crippen LogP contribution in [0.2, 0.25) is 0 Å². The van der Waals surface area contributed by atoms with Gasteiger partial charge in [0.05, 0.1) is 11.9 Å². The fourth-order valence-corrected chi connectivity index (χ4v) is 5.87. The van der Waals surface area contributed by atoms with Gasteiger partial charge in [0.25, 0.3) is 5.91 Å². The first-order valence-electron chi connectivity index (χ1n) is 10.4. The molecule has 2 aliphatic rings. The smallest absolute Gasteiger partial charge is 0.253 e. The lowest BCUT2D eigenvalue weighted by molar-refractivity contribution is 0.0628. The summed E-state index contributed by atoms with van der Waals surface area (Å²) in [4.78, 5) is 17.3. The molecule has 4 rings (SSSR count). The van der Waals surface area contributed by atoms with Crippen LogP contribution in [0, 0.1) is 6.92 Å². The summed E-state index contributed by atoms with van der Waals surface area (Å²) < 4.78 is 25.7. The highest BCUT2D eigenvalue weighted by Gasteiger charge is 2.33. The number of carbonyl (C=O) groups excluding carboxylic acids is 1. The van der Waals surface area contributed by atoms with E-state index in [1.807, 2.05) is 17.9 Å². The van der Waals surface area contributed by atoms with Gasteiger partial charge in [-0.15, -0.1) is 0 Å². The molecule has 2 aliphatic heterocycles. The SMILES string of the molecule is Cc1cccc(CN2CCN(C(=O)c3ccc4c(c3)CC(C)N4S(C)(=O)=O)CC2)c1. The molecule has 7 heteroatoms. The van der Waals surface area contributed by atoms with E-state index in [0.717, 1.165) is 25.2 Å². The van der Waals surface area contributed by atoms with Gasteiger partial charge in [-0.05, 0) is 49.6 Å². The number of carbonyl (C=O) groups is 1. The molecule has 2 aromatic carbocycles. The van der Waals surface area contributed by atoms with Crippen molar-refractivity contribution in [1.82, 2.24) is 9.80 Å². The quantitative estimate of drug-likeness (QED) is 0.753. The van der Waals surface area contributed by atoms with Crippen molar-refractivity contribution in [3.63, 3.8) is 0 Å². The average Bonchev–Trinajstić information content (AvgIpc) is 3.03. The molecule has 1 atom stereocenters. The number of benzene rings is 2. The van der Waals surface area contributed by atoms with E-state index in [4.69, 9.17) is 0 Å². The minimum absolute atomic E-state index is 0.0264. The van der Waals surface area contributed by atoms with Crippen LogP contribution in [0.3, 0.4) is 0 Å². The van der Waals surface area contributed by atoms with Crippen molar-refractivity contribution in [2.45, 2.75) is 32.9 Å². The zero-order valence-electron chi connectivity index (χ0n) is 17.8. The first kappa shape index (κ1) is 20.9. The second-order valence-corrected chi connectivity index (χ2v) is 10.4. The number of amides is 1. The number of aryl methyl sites for hydroxylation is 1. The number of anilines is 1. The fourth-order valence-electron chi connectivity index (χ4n) is 4.60. The van der Waals surface area contributed by atoms with E-state index in [0.29, 0.717) is 30.8 Å². The van der Waals surface area contributed by atoms with Gasteiger partial charge < -0.3 is 4.90 Å². The number of rotatable bonds is 4. The Labute approximate surface area is 179 Å². The molecule has 2 heterocycles.